The Morgan fingerprint density at radius 3 is 2.67 bits per heavy atom. The molecule has 0 aliphatic carbocycles. The molecule has 0 aliphatic heterocycles. The molecule has 21 heavy (non-hydrogen) atoms. The molecular formula is C15H23N5O. The molecule has 0 radical (unpaired) electrons. The molecule has 0 spiro atoms. The van der Waals surface area contributed by atoms with Crippen LogP contribution in [0.5, 0.6) is 5.88 Å². The van der Waals surface area contributed by atoms with Crippen LogP contribution in [0.1, 0.15) is 31.7 Å². The highest BCUT2D eigenvalue weighted by Gasteiger charge is 2.19. The Labute approximate surface area is 125 Å². The number of methoxy groups -OCH3 is 1. The number of ether oxygens (including phenoxy) is 1. The number of aryl methyl sites for hydroxylation is 3. The Bertz CT molecular complexity index is 597. The van der Waals surface area contributed by atoms with E-state index in [1.807, 2.05) is 20.0 Å². The van der Waals surface area contributed by atoms with Gasteiger partial charge in [-0.3, -0.25) is 0 Å². The minimum absolute atomic E-state index is 0.666. The van der Waals surface area contributed by atoms with Crippen molar-refractivity contribution >= 4 is 5.82 Å². The number of rotatable bonds is 6. The molecule has 6 nitrogen and oxygen atoms in total. The lowest BCUT2D eigenvalue weighted by atomic mass is 10.2. The maximum atomic E-state index is 5.45. The predicted molar refractivity (Wildman–Crippen MR) is 83.7 cm³/mol. The molecule has 2 heterocycles. The molecule has 0 amide bonds. The van der Waals surface area contributed by atoms with Gasteiger partial charge in [0.05, 0.1) is 12.8 Å². The van der Waals surface area contributed by atoms with Crippen LogP contribution in [0.2, 0.25) is 0 Å². The summed E-state index contributed by atoms with van der Waals surface area (Å²) < 4.78 is 7.17. The van der Waals surface area contributed by atoms with E-state index in [1.165, 1.54) is 0 Å². The first kappa shape index (κ1) is 15.3. The van der Waals surface area contributed by atoms with Crippen molar-refractivity contribution in [2.75, 3.05) is 19.0 Å². The third kappa shape index (κ3) is 3.15. The highest BCUT2D eigenvalue weighted by molar-refractivity contribution is 5.66. The summed E-state index contributed by atoms with van der Waals surface area (Å²) in [5, 5.41) is 7.66. The minimum Gasteiger partial charge on any atom is -0.481 e. The second-order valence-electron chi connectivity index (χ2n) is 4.94. The van der Waals surface area contributed by atoms with Crippen molar-refractivity contribution in [3.63, 3.8) is 0 Å². The Morgan fingerprint density at radius 1 is 1.29 bits per heavy atom. The SMILES string of the molecule is CCCc1cc(NCC)nc(-c2c(C)nn(C)c2OC)n1. The zero-order valence-corrected chi connectivity index (χ0v) is 13.4. The molecule has 6 heteroatoms. The fourth-order valence-electron chi connectivity index (χ4n) is 2.39. The predicted octanol–water partition coefficient (Wildman–Crippen LogP) is 2.58. The van der Waals surface area contributed by atoms with Gasteiger partial charge in [0.15, 0.2) is 5.82 Å². The molecule has 2 aromatic rings. The van der Waals surface area contributed by atoms with Gasteiger partial charge in [-0.15, -0.1) is 0 Å². The second-order valence-corrected chi connectivity index (χ2v) is 4.94. The van der Waals surface area contributed by atoms with Gasteiger partial charge in [-0.1, -0.05) is 13.3 Å². The van der Waals surface area contributed by atoms with Gasteiger partial charge in [-0.2, -0.15) is 5.10 Å². The lowest BCUT2D eigenvalue weighted by Gasteiger charge is -2.09. The second kappa shape index (κ2) is 6.56. The van der Waals surface area contributed by atoms with E-state index in [9.17, 15) is 0 Å². The van der Waals surface area contributed by atoms with Crippen molar-refractivity contribution in [1.82, 2.24) is 19.7 Å². The van der Waals surface area contributed by atoms with Crippen molar-refractivity contribution in [3.8, 4) is 17.3 Å². The summed E-state index contributed by atoms with van der Waals surface area (Å²) in [6.45, 7) is 6.97. The van der Waals surface area contributed by atoms with Gasteiger partial charge in [0.2, 0.25) is 5.88 Å². The van der Waals surface area contributed by atoms with E-state index >= 15 is 0 Å². The Morgan fingerprint density at radius 2 is 2.05 bits per heavy atom. The summed E-state index contributed by atoms with van der Waals surface area (Å²) in [5.74, 6) is 2.19. The van der Waals surface area contributed by atoms with Crippen molar-refractivity contribution in [3.05, 3.63) is 17.5 Å². The van der Waals surface area contributed by atoms with Crippen LogP contribution < -0.4 is 10.1 Å². The molecule has 0 aromatic carbocycles. The van der Waals surface area contributed by atoms with Crippen LogP contribution in [-0.4, -0.2) is 33.4 Å². The van der Waals surface area contributed by atoms with E-state index < -0.39 is 0 Å². The highest BCUT2D eigenvalue weighted by Crippen LogP contribution is 2.31. The third-order valence-electron chi connectivity index (χ3n) is 3.23. The average Bonchev–Trinajstić information content (AvgIpc) is 2.73. The molecule has 1 N–H and O–H groups in total. The molecule has 114 valence electrons. The molecular weight excluding hydrogens is 266 g/mol. The maximum absolute atomic E-state index is 5.45. The Balaban J connectivity index is 2.56. The van der Waals surface area contributed by atoms with E-state index in [-0.39, 0.29) is 0 Å². The Hall–Kier alpha value is -2.11. The first-order chi connectivity index (χ1) is 10.1. The minimum atomic E-state index is 0.666. The third-order valence-corrected chi connectivity index (χ3v) is 3.23. The van der Waals surface area contributed by atoms with Crippen LogP contribution >= 0.6 is 0 Å². The smallest absolute Gasteiger partial charge is 0.222 e. The van der Waals surface area contributed by atoms with Crippen LogP contribution in [0, 0.1) is 6.92 Å². The number of hydrogen-bond donors (Lipinski definition) is 1. The van der Waals surface area contributed by atoms with E-state index in [2.05, 4.69) is 34.2 Å². The fraction of sp³-hybridized carbons (Fsp3) is 0.533. The molecule has 0 saturated carbocycles. The van der Waals surface area contributed by atoms with Crippen molar-refractivity contribution < 1.29 is 4.74 Å². The maximum Gasteiger partial charge on any atom is 0.222 e. The zero-order chi connectivity index (χ0) is 15.4. The number of nitrogens with one attached hydrogen (secondary N) is 1. The monoisotopic (exact) mass is 289 g/mol. The van der Waals surface area contributed by atoms with Crippen LogP contribution in [0.25, 0.3) is 11.4 Å². The number of anilines is 1. The van der Waals surface area contributed by atoms with E-state index in [0.29, 0.717) is 11.7 Å². The summed E-state index contributed by atoms with van der Waals surface area (Å²) in [6, 6.07) is 2.01. The normalized spacial score (nSPS) is 10.7. The van der Waals surface area contributed by atoms with Crippen molar-refractivity contribution in [1.29, 1.82) is 0 Å². The van der Waals surface area contributed by atoms with Gasteiger partial charge in [0.25, 0.3) is 0 Å². The standard InChI is InChI=1S/C15H23N5O/c1-6-8-11-9-12(16-7-2)18-14(17-11)13-10(3)19-20(4)15(13)21-5/h9H,6-8H2,1-5H3,(H,16,17,18). The molecule has 0 unspecified atom stereocenters. The van der Waals surface area contributed by atoms with E-state index in [0.717, 1.165) is 42.2 Å². The molecule has 0 bridgehead atoms. The van der Waals surface area contributed by atoms with E-state index in [4.69, 9.17) is 4.74 Å². The van der Waals surface area contributed by atoms with E-state index in [1.54, 1.807) is 11.8 Å². The topological polar surface area (TPSA) is 64.9 Å². The number of aromatic nitrogens is 4. The first-order valence-electron chi connectivity index (χ1n) is 7.30. The molecule has 0 aliphatic rings. The zero-order valence-electron chi connectivity index (χ0n) is 13.4. The quantitative estimate of drug-likeness (QED) is 0.885. The summed E-state index contributed by atoms with van der Waals surface area (Å²) in [5.41, 5.74) is 2.76. The lowest BCUT2D eigenvalue weighted by Crippen LogP contribution is -2.05. The van der Waals surface area contributed by atoms with Crippen molar-refractivity contribution in [2.45, 2.75) is 33.6 Å². The van der Waals surface area contributed by atoms with Crippen LogP contribution in [0.3, 0.4) is 0 Å². The van der Waals surface area contributed by atoms with Crippen LogP contribution in [-0.2, 0) is 13.5 Å². The summed E-state index contributed by atoms with van der Waals surface area (Å²) in [4.78, 5) is 9.28. The highest BCUT2D eigenvalue weighted by atomic mass is 16.5. The van der Waals surface area contributed by atoms with Gasteiger partial charge in [-0.05, 0) is 20.3 Å². The summed E-state index contributed by atoms with van der Waals surface area (Å²) in [7, 11) is 3.50. The number of hydrogen-bond acceptors (Lipinski definition) is 5. The molecule has 0 fully saturated rings. The summed E-state index contributed by atoms with van der Waals surface area (Å²) in [6.07, 6.45) is 1.97. The van der Waals surface area contributed by atoms with Gasteiger partial charge in [-0.25, -0.2) is 14.6 Å². The van der Waals surface area contributed by atoms with Crippen molar-refractivity contribution in [2.24, 2.45) is 7.05 Å². The first-order valence-corrected chi connectivity index (χ1v) is 7.30. The van der Waals surface area contributed by atoms with Gasteiger partial charge in [0.1, 0.15) is 11.4 Å². The fourth-order valence-corrected chi connectivity index (χ4v) is 2.39. The molecule has 2 rings (SSSR count). The average molecular weight is 289 g/mol. The molecule has 0 saturated heterocycles. The van der Waals surface area contributed by atoms with Gasteiger partial charge < -0.3 is 10.1 Å². The number of nitrogens with zero attached hydrogens (tertiary/aromatic N) is 4. The van der Waals surface area contributed by atoms with Crippen LogP contribution in [0.4, 0.5) is 5.82 Å². The van der Waals surface area contributed by atoms with Crippen LogP contribution in [0.15, 0.2) is 6.07 Å². The van der Waals surface area contributed by atoms with Gasteiger partial charge in [0, 0.05) is 25.4 Å². The lowest BCUT2D eigenvalue weighted by molar-refractivity contribution is 0.374. The summed E-state index contributed by atoms with van der Waals surface area (Å²) >= 11 is 0. The largest absolute Gasteiger partial charge is 0.481 e. The molecule has 0 atom stereocenters. The molecule has 2 aromatic heterocycles. The van der Waals surface area contributed by atoms with Gasteiger partial charge >= 0.3 is 0 Å². The Kier molecular flexibility index (Phi) is 4.77.